The van der Waals surface area contributed by atoms with Crippen molar-refractivity contribution in [1.29, 1.82) is 0 Å². The fourth-order valence-electron chi connectivity index (χ4n) is 6.02. The zero-order valence-electron chi connectivity index (χ0n) is 36.4. The molecule has 21 heteroatoms. The first-order valence-electron chi connectivity index (χ1n) is 19.6. The van der Waals surface area contributed by atoms with E-state index in [1.807, 2.05) is 31.2 Å². The van der Waals surface area contributed by atoms with Crippen LogP contribution in [-0.2, 0) is 30.9 Å². The molecule has 0 amide bonds. The van der Waals surface area contributed by atoms with Crippen LogP contribution in [0.3, 0.4) is 0 Å². The Morgan fingerprint density at radius 2 is 1.11 bits per heavy atom. The molecule has 4 aromatic heterocycles. The smallest absolute Gasteiger partial charge is 0.261 e. The molecule has 0 aliphatic rings. The zero-order chi connectivity index (χ0) is 47.3. The van der Waals surface area contributed by atoms with Gasteiger partial charge in [0.05, 0.1) is 56.3 Å². The number of sulfonamides is 2. The van der Waals surface area contributed by atoms with E-state index in [4.69, 9.17) is 27.6 Å². The van der Waals surface area contributed by atoms with Gasteiger partial charge in [-0.2, -0.15) is 0 Å². The molecule has 0 unspecified atom stereocenters. The molecule has 0 saturated carbocycles. The summed E-state index contributed by atoms with van der Waals surface area (Å²) in [5, 5.41) is 17.3. The number of halogens is 3. The minimum Gasteiger partial charge on any atom is -0.452 e. The summed E-state index contributed by atoms with van der Waals surface area (Å²) in [4.78, 5) is 7.99. The molecule has 340 valence electrons. The lowest BCUT2D eigenvalue weighted by atomic mass is 9.87. The summed E-state index contributed by atoms with van der Waals surface area (Å²) in [6, 6.07) is 23.4. The second kappa shape index (κ2) is 19.9. The van der Waals surface area contributed by atoms with Gasteiger partial charge in [0, 0.05) is 10.0 Å². The third-order valence-corrected chi connectivity index (χ3v) is 13.9. The van der Waals surface area contributed by atoms with Crippen molar-refractivity contribution < 1.29 is 25.7 Å². The van der Waals surface area contributed by atoms with Gasteiger partial charge in [0.1, 0.15) is 16.2 Å². The van der Waals surface area contributed by atoms with Crippen molar-refractivity contribution in [1.82, 2.24) is 40.0 Å². The van der Waals surface area contributed by atoms with Crippen LogP contribution < -0.4 is 9.44 Å². The van der Waals surface area contributed by atoms with Gasteiger partial charge in [-0.15, -0.1) is 10.2 Å². The molecule has 0 aliphatic carbocycles. The first-order chi connectivity index (χ1) is 30.5. The van der Waals surface area contributed by atoms with E-state index in [-0.39, 0.29) is 20.6 Å². The van der Waals surface area contributed by atoms with Crippen LogP contribution >= 0.6 is 45.8 Å². The highest BCUT2D eigenvalue weighted by molar-refractivity contribution is 14.1. The molecule has 16 nitrogen and oxygen atoms in total. The molecule has 4 heterocycles. The van der Waals surface area contributed by atoms with E-state index < -0.39 is 20.0 Å². The predicted octanol–water partition coefficient (Wildman–Crippen LogP) is 10.6. The minimum absolute atomic E-state index is 0.0547. The fourth-order valence-corrected chi connectivity index (χ4v) is 8.83. The lowest BCUT2D eigenvalue weighted by Gasteiger charge is -2.19. The first-order valence-corrected chi connectivity index (χ1v) is 24.4. The van der Waals surface area contributed by atoms with Crippen LogP contribution in [0.1, 0.15) is 64.1 Å². The van der Waals surface area contributed by atoms with Gasteiger partial charge >= 0.3 is 0 Å². The van der Waals surface area contributed by atoms with Gasteiger partial charge in [0.2, 0.25) is 5.89 Å². The van der Waals surface area contributed by atoms with Gasteiger partial charge in [-0.05, 0) is 119 Å². The third kappa shape index (κ3) is 12.0. The fraction of sp³-hybridized carbons (Fsp3) is 0.227. The zero-order valence-corrected chi connectivity index (χ0v) is 41.7. The van der Waals surface area contributed by atoms with Crippen molar-refractivity contribution in [2.24, 2.45) is 0 Å². The second-order valence-corrected chi connectivity index (χ2v) is 21.7. The van der Waals surface area contributed by atoms with Crippen molar-refractivity contribution in [2.45, 2.75) is 76.0 Å². The standard InChI is InChI=1S/C22H22ClN5O3S.C19H20ClIN4O2S.C3H3NO/c1-14-20(21-24-11-12-31-21)25-27-28(14)19-13-16(23)7-10-18(19)26-32(29,30)17-8-5-15(6-9-17)22(2,3)4;1-12-18(21)22-24-25(12)17-11-14(20)7-10-16(17)23-28(26,27)15-8-5-13(6-9-15)19(2,3)4;1-2-5-3-4-1/h5-13,26H,1-4H3;5-11,23H,1-4H3;1-3H. The molecule has 8 rings (SSSR count). The molecular weight excluding hydrogens is 1030 g/mol. The molecule has 2 N–H and O–H groups in total. The highest BCUT2D eigenvalue weighted by Crippen LogP contribution is 2.32. The Hall–Kier alpha value is -5.61. The van der Waals surface area contributed by atoms with Crippen LogP contribution in [0, 0.1) is 17.5 Å². The molecule has 8 aromatic rings. The lowest BCUT2D eigenvalue weighted by molar-refractivity contribution is 0.558. The van der Waals surface area contributed by atoms with Crippen molar-refractivity contribution in [3.63, 3.8) is 0 Å². The summed E-state index contributed by atoms with van der Waals surface area (Å²) < 4.78 is 70.9. The van der Waals surface area contributed by atoms with E-state index in [0.717, 1.165) is 20.5 Å². The number of aromatic nitrogens is 8. The molecule has 0 atom stereocenters. The number of oxazole rings is 2. The summed E-state index contributed by atoms with van der Waals surface area (Å²) in [6.07, 6.45) is 7.43. The average molecular weight is 1070 g/mol. The summed E-state index contributed by atoms with van der Waals surface area (Å²) in [7, 11) is -7.64. The number of benzene rings is 4. The van der Waals surface area contributed by atoms with Gasteiger partial charge in [0.15, 0.2) is 12.1 Å². The summed E-state index contributed by atoms with van der Waals surface area (Å²) >= 11 is 14.4. The third-order valence-electron chi connectivity index (χ3n) is 9.64. The van der Waals surface area contributed by atoms with Crippen LogP contribution in [0.25, 0.3) is 23.0 Å². The molecule has 65 heavy (non-hydrogen) atoms. The highest BCUT2D eigenvalue weighted by atomic mass is 127. The number of hydrogen-bond acceptors (Lipinski definition) is 12. The van der Waals surface area contributed by atoms with Crippen molar-refractivity contribution in [3.05, 3.63) is 153 Å². The van der Waals surface area contributed by atoms with Crippen LogP contribution in [0.2, 0.25) is 10.0 Å². The predicted molar refractivity (Wildman–Crippen MR) is 259 cm³/mol. The molecule has 0 fully saturated rings. The summed E-state index contributed by atoms with van der Waals surface area (Å²) in [6.45, 7) is 16.1. The number of nitrogens with one attached hydrogen (secondary N) is 2. The van der Waals surface area contributed by atoms with E-state index >= 15 is 0 Å². The van der Waals surface area contributed by atoms with E-state index in [1.165, 1.54) is 29.8 Å². The Labute approximate surface area is 401 Å². The largest absolute Gasteiger partial charge is 0.452 e. The van der Waals surface area contributed by atoms with E-state index in [1.54, 1.807) is 78.5 Å². The van der Waals surface area contributed by atoms with Gasteiger partial charge in [0.25, 0.3) is 20.0 Å². The van der Waals surface area contributed by atoms with Crippen molar-refractivity contribution >= 4 is 77.2 Å². The Kier molecular flexibility index (Phi) is 14.9. The van der Waals surface area contributed by atoms with Crippen LogP contribution in [0.5, 0.6) is 0 Å². The number of nitrogens with zero attached hydrogens (tertiary/aromatic N) is 8. The Bertz CT molecular complexity index is 3080. The van der Waals surface area contributed by atoms with Crippen LogP contribution in [-0.4, -0.2) is 56.8 Å². The molecule has 0 spiro atoms. The SMILES string of the molecule is Cc1c(-c2ncco2)nnn1-c1cc(Cl)ccc1NS(=O)(=O)c1ccc(C(C)(C)C)cc1.Cc1c(I)nnn1-c1cc(Cl)ccc1NS(=O)(=O)c1ccc(C(C)(C)C)cc1.c1cocn1. The molecule has 4 aromatic carbocycles. The molecule has 0 aliphatic heterocycles. The van der Waals surface area contributed by atoms with Gasteiger partial charge in [-0.1, -0.05) is 99.4 Å². The maximum absolute atomic E-state index is 13.1. The number of anilines is 2. The van der Waals surface area contributed by atoms with E-state index in [2.05, 4.69) is 109 Å². The van der Waals surface area contributed by atoms with Gasteiger partial charge < -0.3 is 8.83 Å². The summed E-state index contributed by atoms with van der Waals surface area (Å²) in [5.41, 5.74) is 5.43. The Morgan fingerprint density at radius 1 is 0.631 bits per heavy atom. The maximum atomic E-state index is 13.1. The minimum atomic E-state index is -3.85. The van der Waals surface area contributed by atoms with Crippen LogP contribution in [0.4, 0.5) is 11.4 Å². The van der Waals surface area contributed by atoms with Crippen molar-refractivity contribution in [3.8, 4) is 23.0 Å². The van der Waals surface area contributed by atoms with Gasteiger partial charge in [-0.3, -0.25) is 9.44 Å². The van der Waals surface area contributed by atoms with Crippen molar-refractivity contribution in [2.75, 3.05) is 9.44 Å². The van der Waals surface area contributed by atoms with E-state index in [0.29, 0.717) is 50.1 Å². The van der Waals surface area contributed by atoms with Gasteiger partial charge in [-0.25, -0.2) is 36.2 Å². The quantitative estimate of drug-likeness (QED) is 0.130. The normalized spacial score (nSPS) is 11.9. The Morgan fingerprint density at radius 3 is 1.48 bits per heavy atom. The lowest BCUT2D eigenvalue weighted by Crippen LogP contribution is -2.16. The number of hydrogen-bond donors (Lipinski definition) is 2. The molecule has 0 saturated heterocycles. The number of rotatable bonds is 9. The first kappa shape index (κ1) is 48.8. The highest BCUT2D eigenvalue weighted by Gasteiger charge is 2.24. The average Bonchev–Trinajstić information content (AvgIpc) is 4.10. The molecule has 0 radical (unpaired) electrons. The molecule has 0 bridgehead atoms. The maximum Gasteiger partial charge on any atom is 0.261 e. The monoisotopic (exact) mass is 1070 g/mol. The van der Waals surface area contributed by atoms with E-state index in [9.17, 15) is 16.8 Å². The second-order valence-electron chi connectivity index (χ2n) is 16.4. The topological polar surface area (TPSA) is 206 Å². The summed E-state index contributed by atoms with van der Waals surface area (Å²) in [5.74, 6) is 0.317. The Balaban J connectivity index is 0.000000195. The molecular formula is C44H45Cl2IN10O6S2. The van der Waals surface area contributed by atoms with Crippen LogP contribution in [0.15, 0.2) is 135 Å².